The number of nitrogens with zero attached hydrogens (tertiary/aromatic N) is 5. The Morgan fingerprint density at radius 3 is 1.92 bits per heavy atom. The number of piperazine rings is 1. The summed E-state index contributed by atoms with van der Waals surface area (Å²) in [5.41, 5.74) is 1.84. The molecule has 0 spiro atoms. The zero-order valence-electron chi connectivity index (χ0n) is 31.2. The van der Waals surface area contributed by atoms with Crippen LogP contribution in [-0.4, -0.2) is 103 Å². The van der Waals surface area contributed by atoms with Gasteiger partial charge in [-0.15, -0.1) is 0 Å². The van der Waals surface area contributed by atoms with Crippen LogP contribution in [0.5, 0.6) is 5.75 Å². The van der Waals surface area contributed by atoms with Gasteiger partial charge in [-0.25, -0.2) is 4.79 Å². The molecule has 3 aliphatic rings. The van der Waals surface area contributed by atoms with Gasteiger partial charge in [-0.3, -0.25) is 19.7 Å². The van der Waals surface area contributed by atoms with Gasteiger partial charge in [-0.05, 0) is 86.2 Å². The SMILES string of the molecule is CC(C)Oc1cc(C(C)(C)C)ccc1C1=N[C@@](C)(c2ccc(Cl)cc2)[C@@](C)(c2ccc(Cl)cc2)N1C(=O)N1CCN(CCN2CCOCC2)CC1. The van der Waals surface area contributed by atoms with Crippen LogP contribution in [0.3, 0.4) is 0 Å². The van der Waals surface area contributed by atoms with Gasteiger partial charge in [-0.1, -0.05) is 74.3 Å². The molecule has 0 bridgehead atoms. The fourth-order valence-corrected chi connectivity index (χ4v) is 7.76. The number of hydrogen-bond donors (Lipinski definition) is 0. The second kappa shape index (κ2) is 15.1. The molecule has 2 atom stereocenters. The van der Waals surface area contributed by atoms with Crippen LogP contribution in [0.25, 0.3) is 0 Å². The molecule has 2 saturated heterocycles. The molecule has 10 heteroatoms. The zero-order chi connectivity index (χ0) is 36.6. The molecule has 3 aromatic rings. The highest BCUT2D eigenvalue weighted by Gasteiger charge is 2.60. The molecule has 3 aromatic carbocycles. The number of ether oxygens (including phenoxy) is 2. The number of amides is 2. The van der Waals surface area contributed by atoms with Gasteiger partial charge < -0.3 is 14.4 Å². The molecule has 6 rings (SSSR count). The monoisotopic (exact) mass is 733 g/mol. The van der Waals surface area contributed by atoms with E-state index in [2.05, 4.69) is 62.6 Å². The quantitative estimate of drug-likeness (QED) is 0.235. The molecular weight excluding hydrogens is 681 g/mol. The molecule has 0 N–H and O–H groups in total. The molecule has 8 nitrogen and oxygen atoms in total. The topological polar surface area (TPSA) is 60.9 Å². The van der Waals surface area contributed by atoms with Crippen molar-refractivity contribution < 1.29 is 14.3 Å². The lowest BCUT2D eigenvalue weighted by Gasteiger charge is -2.47. The van der Waals surface area contributed by atoms with Crippen molar-refractivity contribution in [3.8, 4) is 5.75 Å². The number of amidine groups is 1. The molecule has 51 heavy (non-hydrogen) atoms. The van der Waals surface area contributed by atoms with Crippen molar-refractivity contribution in [2.45, 2.75) is 71.1 Å². The number of carbonyl (C=O) groups excluding carboxylic acids is 1. The second-order valence-corrected chi connectivity index (χ2v) is 16.5. The van der Waals surface area contributed by atoms with Gasteiger partial charge in [0.15, 0.2) is 0 Å². The van der Waals surface area contributed by atoms with Crippen LogP contribution < -0.4 is 4.74 Å². The van der Waals surface area contributed by atoms with E-state index in [0.717, 1.165) is 74.7 Å². The lowest BCUT2D eigenvalue weighted by atomic mass is 9.71. The van der Waals surface area contributed by atoms with E-state index in [9.17, 15) is 0 Å². The minimum atomic E-state index is -0.955. The maximum absolute atomic E-state index is 15.3. The lowest BCUT2D eigenvalue weighted by molar-refractivity contribution is 0.0299. The van der Waals surface area contributed by atoms with E-state index in [1.807, 2.05) is 72.2 Å². The first-order valence-corrected chi connectivity index (χ1v) is 19.0. The maximum Gasteiger partial charge on any atom is 0.326 e. The molecule has 2 fully saturated rings. The number of urea groups is 1. The smallest absolute Gasteiger partial charge is 0.326 e. The molecular formula is C41H53Cl2N5O3. The van der Waals surface area contributed by atoms with Crippen molar-refractivity contribution in [3.05, 3.63) is 99.0 Å². The van der Waals surface area contributed by atoms with E-state index in [0.29, 0.717) is 34.7 Å². The Kier molecular flexibility index (Phi) is 11.1. The first-order chi connectivity index (χ1) is 24.2. The van der Waals surface area contributed by atoms with E-state index in [1.165, 1.54) is 0 Å². The predicted octanol–water partition coefficient (Wildman–Crippen LogP) is 8.04. The van der Waals surface area contributed by atoms with Gasteiger partial charge >= 0.3 is 6.03 Å². The summed E-state index contributed by atoms with van der Waals surface area (Å²) in [5, 5.41) is 1.27. The van der Waals surface area contributed by atoms with Crippen molar-refractivity contribution in [3.63, 3.8) is 0 Å². The molecule has 0 aromatic heterocycles. The minimum absolute atomic E-state index is 0.0767. The first-order valence-electron chi connectivity index (χ1n) is 18.3. The van der Waals surface area contributed by atoms with E-state index >= 15 is 4.79 Å². The average Bonchev–Trinajstić information content (AvgIpc) is 3.35. The highest BCUT2D eigenvalue weighted by Crippen LogP contribution is 2.54. The Hall–Kier alpha value is -3.14. The average molecular weight is 735 g/mol. The van der Waals surface area contributed by atoms with Gasteiger partial charge in [-0.2, -0.15) is 0 Å². The summed E-state index contributed by atoms with van der Waals surface area (Å²) < 4.78 is 12.1. The van der Waals surface area contributed by atoms with E-state index < -0.39 is 11.1 Å². The number of hydrogen-bond acceptors (Lipinski definition) is 6. The normalized spacial score (nSPS) is 23.5. The summed E-state index contributed by atoms with van der Waals surface area (Å²) in [6, 6.07) is 21.9. The van der Waals surface area contributed by atoms with E-state index in [1.54, 1.807) is 0 Å². The first kappa shape index (κ1) is 37.6. The van der Waals surface area contributed by atoms with E-state index in [4.69, 9.17) is 37.7 Å². The van der Waals surface area contributed by atoms with Crippen LogP contribution in [-0.2, 0) is 21.2 Å². The number of rotatable bonds is 8. The number of morpholine rings is 1. The zero-order valence-corrected chi connectivity index (χ0v) is 32.7. The Balaban J connectivity index is 1.45. The van der Waals surface area contributed by atoms with Crippen LogP contribution in [0, 0.1) is 0 Å². The molecule has 0 saturated carbocycles. The fraction of sp³-hybridized carbons (Fsp3) is 0.512. The van der Waals surface area contributed by atoms with Crippen LogP contribution in [0.4, 0.5) is 4.79 Å². The summed E-state index contributed by atoms with van der Waals surface area (Å²) in [6.07, 6.45) is -0.0824. The number of carbonyl (C=O) groups is 1. The Labute approximate surface area is 314 Å². The largest absolute Gasteiger partial charge is 0.490 e. The van der Waals surface area contributed by atoms with Crippen molar-refractivity contribution in [2.75, 3.05) is 65.6 Å². The molecule has 274 valence electrons. The summed E-state index contributed by atoms with van der Waals surface area (Å²) in [4.78, 5) is 29.8. The summed E-state index contributed by atoms with van der Waals surface area (Å²) in [6.45, 7) is 23.3. The number of benzene rings is 3. The number of aliphatic imine (C=N–C) groups is 1. The summed E-state index contributed by atoms with van der Waals surface area (Å²) in [7, 11) is 0. The predicted molar refractivity (Wildman–Crippen MR) is 208 cm³/mol. The summed E-state index contributed by atoms with van der Waals surface area (Å²) in [5.74, 6) is 1.29. The van der Waals surface area contributed by atoms with Crippen molar-refractivity contribution in [2.24, 2.45) is 4.99 Å². The molecule has 0 radical (unpaired) electrons. The molecule has 3 aliphatic heterocycles. The van der Waals surface area contributed by atoms with Crippen LogP contribution in [0.1, 0.15) is 70.7 Å². The summed E-state index contributed by atoms with van der Waals surface area (Å²) >= 11 is 12.9. The van der Waals surface area contributed by atoms with Crippen molar-refractivity contribution in [1.82, 2.24) is 19.6 Å². The number of halogens is 2. The van der Waals surface area contributed by atoms with Crippen LogP contribution in [0.15, 0.2) is 71.7 Å². The van der Waals surface area contributed by atoms with Gasteiger partial charge in [0, 0.05) is 62.4 Å². The highest BCUT2D eigenvalue weighted by molar-refractivity contribution is 6.30. The van der Waals surface area contributed by atoms with Crippen LogP contribution in [0.2, 0.25) is 10.0 Å². The fourth-order valence-electron chi connectivity index (χ4n) is 7.50. The van der Waals surface area contributed by atoms with E-state index in [-0.39, 0.29) is 17.6 Å². The van der Waals surface area contributed by atoms with Crippen LogP contribution >= 0.6 is 23.2 Å². The Morgan fingerprint density at radius 2 is 1.37 bits per heavy atom. The molecule has 2 amide bonds. The van der Waals surface area contributed by atoms with Gasteiger partial charge in [0.1, 0.15) is 22.7 Å². The van der Waals surface area contributed by atoms with Gasteiger partial charge in [0.2, 0.25) is 0 Å². The van der Waals surface area contributed by atoms with Gasteiger partial charge in [0.25, 0.3) is 0 Å². The molecule has 0 aliphatic carbocycles. The Morgan fingerprint density at radius 1 is 0.824 bits per heavy atom. The second-order valence-electron chi connectivity index (χ2n) is 15.6. The minimum Gasteiger partial charge on any atom is -0.490 e. The maximum atomic E-state index is 15.3. The highest BCUT2D eigenvalue weighted by atomic mass is 35.5. The van der Waals surface area contributed by atoms with Gasteiger partial charge in [0.05, 0.1) is 24.9 Å². The standard InChI is InChI=1S/C41H53Cl2N5O3/c1-29(2)51-36-28-32(39(3,4)5)12-17-35(36)37-44-40(6,30-8-13-33(42)14-9-30)41(7,31-10-15-34(43)16-11-31)48(37)38(49)47-22-20-45(21-23-47)18-19-46-24-26-50-27-25-46/h8-17,28-29H,18-27H2,1-7H3/t40-,41+/m0/s1. The molecule has 3 heterocycles. The third kappa shape index (κ3) is 7.67. The lowest BCUT2D eigenvalue weighted by Crippen LogP contribution is -2.61. The Bertz CT molecular complexity index is 1710. The van der Waals surface area contributed by atoms with Crippen molar-refractivity contribution in [1.29, 1.82) is 0 Å². The van der Waals surface area contributed by atoms with Crippen molar-refractivity contribution >= 4 is 35.1 Å². The third-order valence-electron chi connectivity index (χ3n) is 10.9. The third-order valence-corrected chi connectivity index (χ3v) is 11.4. The molecule has 0 unspecified atom stereocenters.